The molecule has 0 spiro atoms. The van der Waals surface area contributed by atoms with Crippen molar-refractivity contribution in [3.05, 3.63) is 35.9 Å². The Balaban J connectivity index is 2.05. The Hall–Kier alpha value is -0.860. The van der Waals surface area contributed by atoms with Crippen molar-refractivity contribution >= 4 is 0 Å². The fourth-order valence-corrected chi connectivity index (χ4v) is 1.66. The summed E-state index contributed by atoms with van der Waals surface area (Å²) in [5, 5.41) is 9.71. The summed E-state index contributed by atoms with van der Waals surface area (Å²) >= 11 is 0. The van der Waals surface area contributed by atoms with Crippen LogP contribution in [0.4, 0.5) is 0 Å². The SMILES string of the molecule is CCC(C)C(O)COCCCc1ccccc1. The molecule has 2 heteroatoms. The summed E-state index contributed by atoms with van der Waals surface area (Å²) in [6, 6.07) is 10.4. The molecule has 0 aliphatic heterocycles. The molecule has 2 unspecified atom stereocenters. The van der Waals surface area contributed by atoms with Crippen molar-refractivity contribution in [2.24, 2.45) is 5.92 Å². The lowest BCUT2D eigenvalue weighted by Gasteiger charge is -2.16. The van der Waals surface area contributed by atoms with Gasteiger partial charge in [-0.25, -0.2) is 0 Å². The molecule has 1 N–H and O–H groups in total. The number of hydrogen-bond acceptors (Lipinski definition) is 2. The van der Waals surface area contributed by atoms with Crippen LogP contribution in [0.15, 0.2) is 30.3 Å². The molecule has 2 nitrogen and oxygen atoms in total. The Morgan fingerprint density at radius 1 is 1.24 bits per heavy atom. The highest BCUT2D eigenvalue weighted by molar-refractivity contribution is 5.14. The molecule has 0 heterocycles. The fraction of sp³-hybridized carbons (Fsp3) is 0.600. The van der Waals surface area contributed by atoms with Crippen molar-refractivity contribution in [2.45, 2.75) is 39.2 Å². The second-order valence-corrected chi connectivity index (χ2v) is 4.62. The van der Waals surface area contributed by atoms with Crippen LogP contribution < -0.4 is 0 Å². The summed E-state index contributed by atoms with van der Waals surface area (Å²) in [6.07, 6.45) is 2.73. The molecule has 0 fully saturated rings. The Kier molecular flexibility index (Phi) is 6.90. The minimum atomic E-state index is -0.322. The minimum absolute atomic E-state index is 0.322. The van der Waals surface area contributed by atoms with E-state index in [9.17, 15) is 5.11 Å². The van der Waals surface area contributed by atoms with Gasteiger partial charge in [0, 0.05) is 6.61 Å². The third kappa shape index (κ3) is 5.85. The van der Waals surface area contributed by atoms with Crippen LogP contribution in [0.2, 0.25) is 0 Å². The second kappa shape index (κ2) is 8.26. The number of aliphatic hydroxyl groups is 1. The minimum Gasteiger partial charge on any atom is -0.390 e. The third-order valence-corrected chi connectivity index (χ3v) is 3.19. The van der Waals surface area contributed by atoms with Crippen molar-refractivity contribution < 1.29 is 9.84 Å². The van der Waals surface area contributed by atoms with E-state index < -0.39 is 0 Å². The van der Waals surface area contributed by atoms with Crippen molar-refractivity contribution in [3.8, 4) is 0 Å². The first-order chi connectivity index (χ1) is 8.24. The summed E-state index contributed by atoms with van der Waals surface area (Å²) in [5.74, 6) is 0.323. The maximum Gasteiger partial charge on any atom is 0.0799 e. The van der Waals surface area contributed by atoms with E-state index in [2.05, 4.69) is 38.1 Å². The normalized spacial score (nSPS) is 14.5. The molecule has 96 valence electrons. The maximum absolute atomic E-state index is 9.71. The first kappa shape index (κ1) is 14.2. The summed E-state index contributed by atoms with van der Waals surface area (Å²) in [7, 11) is 0. The molecule has 0 bridgehead atoms. The van der Waals surface area contributed by atoms with Gasteiger partial charge in [0.1, 0.15) is 0 Å². The highest BCUT2D eigenvalue weighted by atomic mass is 16.5. The number of aliphatic hydroxyl groups excluding tert-OH is 1. The van der Waals surface area contributed by atoms with Crippen molar-refractivity contribution in [1.82, 2.24) is 0 Å². The van der Waals surface area contributed by atoms with E-state index in [1.807, 2.05) is 6.07 Å². The molecular formula is C15H24O2. The number of ether oxygens (including phenoxy) is 1. The molecule has 0 aliphatic rings. The predicted octanol–water partition coefficient (Wildman–Crippen LogP) is 3.04. The summed E-state index contributed by atoms with van der Waals surface area (Å²) in [4.78, 5) is 0. The van der Waals surface area contributed by atoms with Gasteiger partial charge >= 0.3 is 0 Å². The first-order valence-electron chi connectivity index (χ1n) is 6.53. The Morgan fingerprint density at radius 2 is 1.94 bits per heavy atom. The summed E-state index contributed by atoms with van der Waals surface area (Å²) < 4.78 is 5.49. The summed E-state index contributed by atoms with van der Waals surface area (Å²) in [6.45, 7) is 5.33. The number of hydrogen-bond donors (Lipinski definition) is 1. The molecule has 0 amide bonds. The van der Waals surface area contributed by atoms with Gasteiger partial charge in [0.05, 0.1) is 12.7 Å². The smallest absolute Gasteiger partial charge is 0.0799 e. The van der Waals surface area contributed by atoms with E-state index in [-0.39, 0.29) is 6.10 Å². The molecule has 0 saturated heterocycles. The van der Waals surface area contributed by atoms with Crippen LogP contribution in [0.5, 0.6) is 0 Å². The van der Waals surface area contributed by atoms with Gasteiger partial charge in [0.25, 0.3) is 0 Å². The molecule has 0 aliphatic carbocycles. The van der Waals surface area contributed by atoms with Crippen molar-refractivity contribution in [3.63, 3.8) is 0 Å². The molecule has 0 aromatic heterocycles. The van der Waals surface area contributed by atoms with Gasteiger partial charge in [0.2, 0.25) is 0 Å². The molecule has 1 aromatic carbocycles. The Labute approximate surface area is 105 Å². The van der Waals surface area contributed by atoms with Crippen LogP contribution in [-0.4, -0.2) is 24.4 Å². The molecule has 0 saturated carbocycles. The number of rotatable bonds is 8. The zero-order chi connectivity index (χ0) is 12.5. The van der Waals surface area contributed by atoms with Gasteiger partial charge in [-0.15, -0.1) is 0 Å². The average Bonchev–Trinajstić information content (AvgIpc) is 2.38. The van der Waals surface area contributed by atoms with Crippen molar-refractivity contribution in [1.29, 1.82) is 0 Å². The lowest BCUT2D eigenvalue weighted by molar-refractivity contribution is 0.00755. The van der Waals surface area contributed by atoms with Gasteiger partial charge in [-0.3, -0.25) is 0 Å². The van der Waals surface area contributed by atoms with Crippen LogP contribution in [0.25, 0.3) is 0 Å². The van der Waals surface area contributed by atoms with E-state index in [0.29, 0.717) is 12.5 Å². The van der Waals surface area contributed by atoms with Crippen LogP contribution in [0, 0.1) is 5.92 Å². The molecular weight excluding hydrogens is 212 g/mol. The van der Waals surface area contributed by atoms with Crippen molar-refractivity contribution in [2.75, 3.05) is 13.2 Å². The zero-order valence-electron chi connectivity index (χ0n) is 10.9. The third-order valence-electron chi connectivity index (χ3n) is 3.19. The lowest BCUT2D eigenvalue weighted by Crippen LogP contribution is -2.23. The fourth-order valence-electron chi connectivity index (χ4n) is 1.66. The Morgan fingerprint density at radius 3 is 2.59 bits per heavy atom. The molecule has 17 heavy (non-hydrogen) atoms. The van der Waals surface area contributed by atoms with Gasteiger partial charge in [-0.05, 0) is 24.3 Å². The Bertz CT molecular complexity index is 284. The van der Waals surface area contributed by atoms with E-state index in [1.54, 1.807) is 0 Å². The van der Waals surface area contributed by atoms with Crippen LogP contribution in [0.3, 0.4) is 0 Å². The lowest BCUT2D eigenvalue weighted by atomic mass is 10.0. The van der Waals surface area contributed by atoms with Gasteiger partial charge in [-0.1, -0.05) is 50.6 Å². The average molecular weight is 236 g/mol. The quantitative estimate of drug-likeness (QED) is 0.703. The second-order valence-electron chi connectivity index (χ2n) is 4.62. The molecule has 1 aromatic rings. The monoisotopic (exact) mass is 236 g/mol. The van der Waals surface area contributed by atoms with Gasteiger partial charge in [0.15, 0.2) is 0 Å². The molecule has 0 radical (unpaired) electrons. The van der Waals surface area contributed by atoms with Crippen LogP contribution in [-0.2, 0) is 11.2 Å². The summed E-state index contributed by atoms with van der Waals surface area (Å²) in [5.41, 5.74) is 1.35. The molecule has 1 rings (SSSR count). The first-order valence-corrected chi connectivity index (χ1v) is 6.53. The number of benzene rings is 1. The zero-order valence-corrected chi connectivity index (χ0v) is 10.9. The van der Waals surface area contributed by atoms with Gasteiger partial charge < -0.3 is 9.84 Å². The van der Waals surface area contributed by atoms with E-state index in [0.717, 1.165) is 25.9 Å². The van der Waals surface area contributed by atoms with E-state index in [4.69, 9.17) is 4.74 Å². The highest BCUT2D eigenvalue weighted by Gasteiger charge is 2.11. The van der Waals surface area contributed by atoms with Gasteiger partial charge in [-0.2, -0.15) is 0 Å². The molecule has 2 atom stereocenters. The van der Waals surface area contributed by atoms with E-state index in [1.165, 1.54) is 5.56 Å². The largest absolute Gasteiger partial charge is 0.390 e. The maximum atomic E-state index is 9.71. The highest BCUT2D eigenvalue weighted by Crippen LogP contribution is 2.08. The topological polar surface area (TPSA) is 29.5 Å². The van der Waals surface area contributed by atoms with Crippen LogP contribution in [0.1, 0.15) is 32.3 Å². The predicted molar refractivity (Wildman–Crippen MR) is 71.0 cm³/mol. The number of aryl methyl sites for hydroxylation is 1. The van der Waals surface area contributed by atoms with Crippen LogP contribution >= 0.6 is 0 Å². The van der Waals surface area contributed by atoms with E-state index >= 15 is 0 Å². The standard InChI is InChI=1S/C15H24O2/c1-3-13(2)15(16)12-17-11-7-10-14-8-5-4-6-9-14/h4-6,8-9,13,15-16H,3,7,10-12H2,1-2H3.